The summed E-state index contributed by atoms with van der Waals surface area (Å²) >= 11 is 0. The lowest BCUT2D eigenvalue weighted by atomic mass is 10.1. The Morgan fingerprint density at radius 3 is 2.51 bits per heavy atom. The van der Waals surface area contributed by atoms with Crippen LogP contribution in [0.15, 0.2) is 79.0 Å². The molecule has 0 radical (unpaired) electrons. The highest BCUT2D eigenvalue weighted by Gasteiger charge is 2.18. The summed E-state index contributed by atoms with van der Waals surface area (Å²) in [7, 11) is 0. The fraction of sp³-hybridized carbons (Fsp3) is 0.0741. The third-order valence-electron chi connectivity index (χ3n) is 5.95. The summed E-state index contributed by atoms with van der Waals surface area (Å²) in [6.45, 7) is 4.02. The van der Waals surface area contributed by atoms with Crippen LogP contribution in [0.3, 0.4) is 0 Å². The largest absolute Gasteiger partial charge is 0.324 e. The van der Waals surface area contributed by atoms with E-state index in [0.29, 0.717) is 23.0 Å². The minimum absolute atomic E-state index is 0.396. The molecule has 8 nitrogen and oxygen atoms in total. The Morgan fingerprint density at radius 2 is 1.69 bits per heavy atom. The van der Waals surface area contributed by atoms with Gasteiger partial charge in [-0.1, -0.05) is 36.4 Å². The summed E-state index contributed by atoms with van der Waals surface area (Å²) in [6, 6.07) is 25.8. The number of nitrogens with one attached hydrogen (secondary N) is 1. The normalized spacial score (nSPS) is 11.1. The highest BCUT2D eigenvalue weighted by molar-refractivity contribution is 5.86. The van der Waals surface area contributed by atoms with Crippen LogP contribution in [-0.4, -0.2) is 29.5 Å². The van der Waals surface area contributed by atoms with E-state index in [0.717, 1.165) is 38.9 Å². The van der Waals surface area contributed by atoms with Crippen molar-refractivity contribution in [2.24, 2.45) is 0 Å². The van der Waals surface area contributed by atoms with Crippen LogP contribution >= 0.6 is 0 Å². The summed E-state index contributed by atoms with van der Waals surface area (Å²) in [4.78, 5) is 9.62. The number of benzene rings is 2. The monoisotopic (exact) mass is 456 g/mol. The lowest BCUT2D eigenvalue weighted by Gasteiger charge is -2.12. The van der Waals surface area contributed by atoms with Crippen LogP contribution in [0.5, 0.6) is 0 Å². The molecule has 2 aromatic carbocycles. The second-order valence-electron chi connectivity index (χ2n) is 8.27. The summed E-state index contributed by atoms with van der Waals surface area (Å²) in [6.07, 6.45) is 1.53. The smallest absolute Gasteiger partial charge is 0.165 e. The van der Waals surface area contributed by atoms with Crippen molar-refractivity contribution in [2.45, 2.75) is 13.8 Å². The second kappa shape index (κ2) is 8.08. The van der Waals surface area contributed by atoms with Crippen molar-refractivity contribution in [1.82, 2.24) is 29.5 Å². The SMILES string of the molecule is Cc1cc(Nc2c(C#N)cnn2-c2ccc3ccccc3n2)nc2c1c(C)nn2-c1ccccc1. The Bertz CT molecular complexity index is 1760. The van der Waals surface area contributed by atoms with E-state index in [1.807, 2.05) is 91.3 Å². The topological polar surface area (TPSA) is 97.2 Å². The minimum Gasteiger partial charge on any atom is -0.324 e. The maximum atomic E-state index is 9.75. The van der Waals surface area contributed by atoms with Gasteiger partial charge in [0.1, 0.15) is 17.5 Å². The number of aromatic nitrogens is 6. The first-order valence-corrected chi connectivity index (χ1v) is 11.2. The Labute approximate surface area is 201 Å². The van der Waals surface area contributed by atoms with Gasteiger partial charge < -0.3 is 5.32 Å². The highest BCUT2D eigenvalue weighted by Crippen LogP contribution is 2.29. The predicted octanol–water partition coefficient (Wildman–Crippen LogP) is 5.39. The fourth-order valence-corrected chi connectivity index (χ4v) is 4.34. The van der Waals surface area contributed by atoms with E-state index in [2.05, 4.69) is 16.5 Å². The molecule has 4 heterocycles. The van der Waals surface area contributed by atoms with Gasteiger partial charge in [0.2, 0.25) is 0 Å². The molecule has 0 fully saturated rings. The lowest BCUT2D eigenvalue weighted by Crippen LogP contribution is -2.07. The van der Waals surface area contributed by atoms with Crippen LogP contribution in [0.1, 0.15) is 16.8 Å². The summed E-state index contributed by atoms with van der Waals surface area (Å²) < 4.78 is 3.47. The number of pyridine rings is 2. The molecule has 0 saturated heterocycles. The van der Waals surface area contributed by atoms with E-state index in [9.17, 15) is 5.26 Å². The molecule has 0 amide bonds. The molecular weight excluding hydrogens is 436 g/mol. The van der Waals surface area contributed by atoms with Gasteiger partial charge in [-0.15, -0.1) is 0 Å². The molecule has 1 N–H and O–H groups in total. The van der Waals surface area contributed by atoms with Gasteiger partial charge in [0.05, 0.1) is 23.1 Å². The summed E-state index contributed by atoms with van der Waals surface area (Å²) in [5.41, 5.74) is 4.85. The Morgan fingerprint density at radius 1 is 0.886 bits per heavy atom. The van der Waals surface area contributed by atoms with Crippen molar-refractivity contribution in [2.75, 3.05) is 5.32 Å². The number of para-hydroxylation sites is 2. The second-order valence-corrected chi connectivity index (χ2v) is 8.27. The van der Waals surface area contributed by atoms with Crippen LogP contribution in [0.25, 0.3) is 33.4 Å². The number of anilines is 2. The van der Waals surface area contributed by atoms with E-state index in [4.69, 9.17) is 15.1 Å². The zero-order chi connectivity index (χ0) is 23.9. The molecule has 0 aliphatic heterocycles. The third-order valence-corrected chi connectivity index (χ3v) is 5.95. The quantitative estimate of drug-likeness (QED) is 0.382. The number of hydrogen-bond donors (Lipinski definition) is 1. The first kappa shape index (κ1) is 20.6. The molecule has 8 heteroatoms. The average Bonchev–Trinajstić information content (AvgIpc) is 3.45. The molecule has 6 aromatic rings. The van der Waals surface area contributed by atoms with Crippen LogP contribution in [0.4, 0.5) is 11.6 Å². The molecule has 35 heavy (non-hydrogen) atoms. The Balaban J connectivity index is 1.48. The van der Waals surface area contributed by atoms with Crippen molar-refractivity contribution < 1.29 is 0 Å². The Hall–Kier alpha value is -5.03. The molecule has 0 aliphatic carbocycles. The van der Waals surface area contributed by atoms with E-state index in [1.54, 1.807) is 4.68 Å². The first-order chi connectivity index (χ1) is 17.1. The van der Waals surface area contributed by atoms with Crippen molar-refractivity contribution in [3.8, 4) is 17.6 Å². The van der Waals surface area contributed by atoms with E-state index in [1.165, 1.54) is 6.20 Å². The van der Waals surface area contributed by atoms with Gasteiger partial charge in [-0.05, 0) is 55.8 Å². The molecule has 4 aromatic heterocycles. The van der Waals surface area contributed by atoms with Crippen LogP contribution < -0.4 is 5.32 Å². The van der Waals surface area contributed by atoms with Crippen molar-refractivity contribution in [1.29, 1.82) is 5.26 Å². The zero-order valence-corrected chi connectivity index (χ0v) is 19.1. The van der Waals surface area contributed by atoms with E-state index >= 15 is 0 Å². The highest BCUT2D eigenvalue weighted by atomic mass is 15.4. The van der Waals surface area contributed by atoms with Gasteiger partial charge >= 0.3 is 0 Å². The van der Waals surface area contributed by atoms with Crippen molar-refractivity contribution in [3.63, 3.8) is 0 Å². The molecule has 0 bridgehead atoms. The predicted molar refractivity (Wildman–Crippen MR) is 135 cm³/mol. The lowest BCUT2D eigenvalue weighted by molar-refractivity contribution is 0.858. The molecular formula is C27H20N8. The van der Waals surface area contributed by atoms with Gasteiger partial charge in [0.25, 0.3) is 0 Å². The van der Waals surface area contributed by atoms with Gasteiger partial charge in [-0.2, -0.15) is 20.1 Å². The van der Waals surface area contributed by atoms with Crippen LogP contribution in [0, 0.1) is 25.2 Å². The molecule has 0 saturated carbocycles. The number of nitriles is 1. The number of nitrogens with zero attached hydrogens (tertiary/aromatic N) is 7. The average molecular weight is 457 g/mol. The van der Waals surface area contributed by atoms with Crippen LogP contribution in [-0.2, 0) is 0 Å². The molecule has 168 valence electrons. The number of fused-ring (bicyclic) bond motifs is 2. The van der Waals surface area contributed by atoms with Crippen molar-refractivity contribution >= 4 is 33.6 Å². The summed E-state index contributed by atoms with van der Waals surface area (Å²) in [5, 5.41) is 24.3. The van der Waals surface area contributed by atoms with Gasteiger partial charge in [0, 0.05) is 10.8 Å². The van der Waals surface area contributed by atoms with Gasteiger partial charge in [-0.25, -0.2) is 14.6 Å². The number of aryl methyl sites for hydroxylation is 2. The maximum Gasteiger partial charge on any atom is 0.165 e. The third kappa shape index (κ3) is 3.47. The summed E-state index contributed by atoms with van der Waals surface area (Å²) in [5.74, 6) is 1.70. The zero-order valence-electron chi connectivity index (χ0n) is 19.1. The molecule has 6 rings (SSSR count). The maximum absolute atomic E-state index is 9.75. The molecule has 0 spiro atoms. The van der Waals surface area contributed by atoms with Gasteiger partial charge in [-0.3, -0.25) is 0 Å². The molecule has 0 aliphatic rings. The van der Waals surface area contributed by atoms with Crippen LogP contribution in [0.2, 0.25) is 0 Å². The number of hydrogen-bond acceptors (Lipinski definition) is 6. The van der Waals surface area contributed by atoms with Crippen molar-refractivity contribution in [3.05, 3.63) is 95.8 Å². The van der Waals surface area contributed by atoms with Gasteiger partial charge in [0.15, 0.2) is 17.3 Å². The minimum atomic E-state index is 0.396. The standard InChI is InChI=1S/C27H20N8/c1-17-14-23(32-27-25(17)18(2)33-34(27)21-9-4-3-5-10-21)31-26-20(15-28)16-29-35(26)24-13-12-19-8-6-7-11-22(19)30-24/h3-14,16H,1-2H3,(H,31,32). The first-order valence-electron chi connectivity index (χ1n) is 11.2. The number of rotatable bonds is 4. The molecule has 0 atom stereocenters. The fourth-order valence-electron chi connectivity index (χ4n) is 4.34. The van der Waals surface area contributed by atoms with E-state index in [-0.39, 0.29) is 0 Å². The Kier molecular flexibility index (Phi) is 4.75. The molecule has 0 unspecified atom stereocenters. The van der Waals surface area contributed by atoms with E-state index < -0.39 is 0 Å².